The second kappa shape index (κ2) is 7.02. The van der Waals surface area contributed by atoms with E-state index in [9.17, 15) is 8.42 Å². The molecule has 0 radical (unpaired) electrons. The van der Waals surface area contributed by atoms with Crippen LogP contribution in [0.25, 0.3) is 0 Å². The second-order valence-corrected chi connectivity index (χ2v) is 8.99. The van der Waals surface area contributed by atoms with Crippen molar-refractivity contribution in [3.63, 3.8) is 0 Å². The lowest BCUT2D eigenvalue weighted by Gasteiger charge is -2.26. The molecule has 0 unspecified atom stereocenters. The van der Waals surface area contributed by atoms with Gasteiger partial charge in [-0.05, 0) is 43.9 Å². The van der Waals surface area contributed by atoms with Crippen LogP contribution >= 0.6 is 11.3 Å². The van der Waals surface area contributed by atoms with Crippen LogP contribution in [-0.4, -0.2) is 32.9 Å². The quantitative estimate of drug-likeness (QED) is 0.877. The van der Waals surface area contributed by atoms with Gasteiger partial charge in [0, 0.05) is 18.5 Å². The lowest BCUT2D eigenvalue weighted by molar-refractivity contribution is 0.300. The number of hydrogen-bond acceptors (Lipinski definition) is 4. The van der Waals surface area contributed by atoms with Gasteiger partial charge in [-0.2, -0.15) is 4.31 Å². The summed E-state index contributed by atoms with van der Waals surface area (Å²) in [5.41, 5.74) is 5.51. The van der Waals surface area contributed by atoms with Crippen LogP contribution in [0.1, 0.15) is 37.0 Å². The molecule has 4 nitrogen and oxygen atoms in total. The third-order valence-corrected chi connectivity index (χ3v) is 7.37. The fourth-order valence-corrected chi connectivity index (χ4v) is 5.59. The summed E-state index contributed by atoms with van der Waals surface area (Å²) in [7, 11) is -1.62. The van der Waals surface area contributed by atoms with Gasteiger partial charge >= 0.3 is 0 Å². The van der Waals surface area contributed by atoms with Gasteiger partial charge in [-0.1, -0.05) is 19.3 Å². The number of nitrogens with two attached hydrogens (primary N) is 1. The van der Waals surface area contributed by atoms with Gasteiger partial charge in [0.1, 0.15) is 4.21 Å². The van der Waals surface area contributed by atoms with Crippen molar-refractivity contribution in [3.8, 4) is 0 Å². The maximum Gasteiger partial charge on any atom is 0.252 e. The summed E-state index contributed by atoms with van der Waals surface area (Å²) in [6.45, 7) is 1.20. The Hall–Kier alpha value is -0.430. The molecule has 1 aromatic heterocycles. The molecule has 2 N–H and O–H groups in total. The highest BCUT2D eigenvalue weighted by Gasteiger charge is 2.26. The largest absolute Gasteiger partial charge is 0.330 e. The predicted octanol–water partition coefficient (Wildman–Crippen LogP) is 2.45. The van der Waals surface area contributed by atoms with Crippen molar-refractivity contribution < 1.29 is 8.42 Å². The van der Waals surface area contributed by atoms with Crippen LogP contribution in [-0.2, 0) is 16.4 Å². The average Bonchev–Trinajstić information content (AvgIpc) is 2.89. The van der Waals surface area contributed by atoms with E-state index in [-0.39, 0.29) is 0 Å². The molecule has 0 atom stereocenters. The Balaban J connectivity index is 2.03. The third kappa shape index (κ3) is 3.81. The van der Waals surface area contributed by atoms with E-state index in [1.54, 1.807) is 13.1 Å². The number of rotatable bonds is 6. The number of hydrogen-bond donors (Lipinski definition) is 1. The van der Waals surface area contributed by atoms with E-state index in [1.165, 1.54) is 34.9 Å². The van der Waals surface area contributed by atoms with Crippen LogP contribution in [0.4, 0.5) is 0 Å². The lowest BCUT2D eigenvalue weighted by Crippen LogP contribution is -2.32. The Morgan fingerprint density at radius 3 is 2.65 bits per heavy atom. The maximum absolute atomic E-state index is 12.5. The molecule has 0 aromatic carbocycles. The van der Waals surface area contributed by atoms with E-state index in [0.29, 0.717) is 23.2 Å². The molecule has 0 saturated heterocycles. The zero-order chi connectivity index (χ0) is 14.6. The minimum atomic E-state index is -3.32. The zero-order valence-electron chi connectivity index (χ0n) is 12.0. The van der Waals surface area contributed by atoms with E-state index in [4.69, 9.17) is 5.73 Å². The van der Waals surface area contributed by atoms with Crippen LogP contribution in [0.2, 0.25) is 0 Å². The molecule has 1 aromatic rings. The summed E-state index contributed by atoms with van der Waals surface area (Å²) >= 11 is 1.35. The van der Waals surface area contributed by atoms with E-state index < -0.39 is 10.0 Å². The first kappa shape index (κ1) is 15.9. The van der Waals surface area contributed by atoms with Gasteiger partial charge in [0.25, 0.3) is 10.0 Å². The van der Waals surface area contributed by atoms with Gasteiger partial charge < -0.3 is 5.73 Å². The molecule has 1 fully saturated rings. The molecule has 20 heavy (non-hydrogen) atoms. The zero-order valence-corrected chi connectivity index (χ0v) is 13.7. The van der Waals surface area contributed by atoms with Crippen molar-refractivity contribution in [2.24, 2.45) is 11.7 Å². The molecule has 0 bridgehead atoms. The van der Waals surface area contributed by atoms with Crippen LogP contribution in [0.15, 0.2) is 16.3 Å². The molecule has 1 heterocycles. The maximum atomic E-state index is 12.5. The van der Waals surface area contributed by atoms with E-state index in [0.717, 1.165) is 24.1 Å². The molecule has 114 valence electrons. The van der Waals surface area contributed by atoms with E-state index in [2.05, 4.69) is 0 Å². The summed E-state index contributed by atoms with van der Waals surface area (Å²) in [6.07, 6.45) is 6.81. The highest BCUT2D eigenvalue weighted by Crippen LogP contribution is 2.28. The lowest BCUT2D eigenvalue weighted by atomic mass is 9.89. The Morgan fingerprint density at radius 2 is 2.00 bits per heavy atom. The van der Waals surface area contributed by atoms with Gasteiger partial charge in [0.15, 0.2) is 0 Å². The molecular weight excluding hydrogens is 292 g/mol. The average molecular weight is 316 g/mol. The molecule has 0 aliphatic heterocycles. The highest BCUT2D eigenvalue weighted by atomic mass is 32.2. The second-order valence-electron chi connectivity index (χ2n) is 5.55. The van der Waals surface area contributed by atoms with Crippen molar-refractivity contribution in [3.05, 3.63) is 17.0 Å². The van der Waals surface area contributed by atoms with Gasteiger partial charge in [-0.25, -0.2) is 8.42 Å². The molecule has 1 aliphatic rings. The van der Waals surface area contributed by atoms with Gasteiger partial charge in [0.05, 0.1) is 0 Å². The predicted molar refractivity (Wildman–Crippen MR) is 83.5 cm³/mol. The topological polar surface area (TPSA) is 63.4 Å². The van der Waals surface area contributed by atoms with E-state index >= 15 is 0 Å². The molecule has 1 aliphatic carbocycles. The van der Waals surface area contributed by atoms with Crippen molar-refractivity contribution in [2.45, 2.75) is 42.7 Å². The SMILES string of the molecule is CN(CC1CCCCC1)S(=O)(=O)c1ccc(CCN)s1. The highest BCUT2D eigenvalue weighted by molar-refractivity contribution is 7.91. The van der Waals surface area contributed by atoms with Gasteiger partial charge in [-0.15, -0.1) is 11.3 Å². The first-order chi connectivity index (χ1) is 9.54. The van der Waals surface area contributed by atoms with Crippen LogP contribution in [0.3, 0.4) is 0 Å². The van der Waals surface area contributed by atoms with Crippen molar-refractivity contribution in [1.29, 1.82) is 0 Å². The third-order valence-electron chi connectivity index (χ3n) is 3.93. The summed E-state index contributed by atoms with van der Waals surface area (Å²) in [6, 6.07) is 3.58. The normalized spacial score (nSPS) is 17.8. The molecule has 6 heteroatoms. The smallest absolute Gasteiger partial charge is 0.252 e. The summed E-state index contributed by atoms with van der Waals surface area (Å²) in [4.78, 5) is 1.04. The molecular formula is C14H24N2O2S2. The Kier molecular flexibility index (Phi) is 5.60. The molecule has 2 rings (SSSR count). The number of sulfonamides is 1. The first-order valence-corrected chi connectivity index (χ1v) is 9.55. The Morgan fingerprint density at radius 1 is 1.30 bits per heavy atom. The fourth-order valence-electron chi connectivity index (χ4n) is 2.76. The monoisotopic (exact) mass is 316 g/mol. The van der Waals surface area contributed by atoms with Crippen LogP contribution < -0.4 is 5.73 Å². The number of nitrogens with zero attached hydrogens (tertiary/aromatic N) is 1. The van der Waals surface area contributed by atoms with Crippen molar-refractivity contribution in [2.75, 3.05) is 20.1 Å². The van der Waals surface area contributed by atoms with Crippen molar-refractivity contribution >= 4 is 21.4 Å². The standard InChI is InChI=1S/C14H24N2O2S2/c1-16(11-12-5-3-2-4-6-12)20(17,18)14-8-7-13(19-14)9-10-15/h7-8,12H,2-6,9-11,15H2,1H3. The van der Waals surface area contributed by atoms with Crippen molar-refractivity contribution in [1.82, 2.24) is 4.31 Å². The Bertz CT molecular complexity index is 519. The summed E-state index contributed by atoms with van der Waals surface area (Å²) in [5.74, 6) is 0.520. The summed E-state index contributed by atoms with van der Waals surface area (Å²) < 4.78 is 27.0. The van der Waals surface area contributed by atoms with E-state index in [1.807, 2.05) is 6.07 Å². The Labute approximate surface area is 126 Å². The van der Waals surface area contributed by atoms with Crippen LogP contribution in [0, 0.1) is 5.92 Å². The molecule has 0 spiro atoms. The first-order valence-electron chi connectivity index (χ1n) is 7.29. The fraction of sp³-hybridized carbons (Fsp3) is 0.714. The number of thiophene rings is 1. The molecule has 1 saturated carbocycles. The summed E-state index contributed by atoms with van der Waals surface area (Å²) in [5, 5.41) is 0. The minimum Gasteiger partial charge on any atom is -0.330 e. The van der Waals surface area contributed by atoms with Gasteiger partial charge in [-0.3, -0.25) is 0 Å². The molecule has 0 amide bonds. The minimum absolute atomic E-state index is 0.444. The van der Waals surface area contributed by atoms with Crippen LogP contribution in [0.5, 0.6) is 0 Å². The van der Waals surface area contributed by atoms with Gasteiger partial charge in [0.2, 0.25) is 0 Å².